The number of fused-ring (bicyclic) bond motifs is 1. The molecule has 0 amide bonds. The van der Waals surface area contributed by atoms with Gasteiger partial charge in [-0.15, -0.1) is 0 Å². The normalized spacial score (nSPS) is 13.1. The first-order valence-electron chi connectivity index (χ1n) is 12.0. The van der Waals surface area contributed by atoms with Gasteiger partial charge in [0.2, 0.25) is 0 Å². The first-order chi connectivity index (χ1) is 16.6. The van der Waals surface area contributed by atoms with Crippen molar-refractivity contribution in [1.82, 2.24) is 19.5 Å². The number of aromatic nitrogens is 4. The lowest BCUT2D eigenvalue weighted by Crippen LogP contribution is -2.22. The van der Waals surface area contributed by atoms with Crippen molar-refractivity contribution in [3.8, 4) is 17.1 Å². The van der Waals surface area contributed by atoms with Crippen molar-refractivity contribution in [3.63, 3.8) is 0 Å². The number of benzene rings is 2. The van der Waals surface area contributed by atoms with Crippen LogP contribution in [0.25, 0.3) is 22.6 Å². The molecule has 2 unspecified atom stereocenters. The second kappa shape index (κ2) is 11.1. The van der Waals surface area contributed by atoms with E-state index in [1.54, 1.807) is 13.3 Å². The van der Waals surface area contributed by atoms with E-state index in [0.29, 0.717) is 23.8 Å². The van der Waals surface area contributed by atoms with E-state index in [0.717, 1.165) is 37.7 Å². The molecule has 0 spiro atoms. The summed E-state index contributed by atoms with van der Waals surface area (Å²) < 4.78 is 7.71. The number of nitrogens with zero attached hydrogens (tertiary/aromatic N) is 3. The zero-order valence-electron chi connectivity index (χ0n) is 19.8. The van der Waals surface area contributed by atoms with Gasteiger partial charge in [0.25, 0.3) is 5.56 Å². The van der Waals surface area contributed by atoms with Gasteiger partial charge in [0.05, 0.1) is 30.6 Å². The molecule has 34 heavy (non-hydrogen) atoms. The lowest BCUT2D eigenvalue weighted by molar-refractivity contribution is 0.124. The average molecular weight is 461 g/mol. The molecule has 0 bridgehead atoms. The Morgan fingerprint density at radius 3 is 2.62 bits per heavy atom. The fraction of sp³-hybridized carbons (Fsp3) is 0.370. The fourth-order valence-electron chi connectivity index (χ4n) is 4.24. The van der Waals surface area contributed by atoms with Gasteiger partial charge in [-0.3, -0.25) is 4.79 Å². The van der Waals surface area contributed by atoms with Gasteiger partial charge in [0, 0.05) is 0 Å². The van der Waals surface area contributed by atoms with E-state index in [2.05, 4.69) is 34.2 Å². The van der Waals surface area contributed by atoms with E-state index >= 15 is 0 Å². The molecule has 0 aliphatic heterocycles. The van der Waals surface area contributed by atoms with Crippen LogP contribution in [0, 0.1) is 0 Å². The number of ether oxygens (including phenoxy) is 1. The topological polar surface area (TPSA) is 93.0 Å². The third-order valence-corrected chi connectivity index (χ3v) is 6.01. The smallest absolute Gasteiger partial charge is 0.279 e. The third-order valence-electron chi connectivity index (χ3n) is 6.01. The number of H-pyrrole nitrogens is 1. The van der Waals surface area contributed by atoms with Gasteiger partial charge in [0.1, 0.15) is 11.6 Å². The van der Waals surface area contributed by atoms with Crippen molar-refractivity contribution in [1.29, 1.82) is 0 Å². The van der Waals surface area contributed by atoms with Gasteiger partial charge in [-0.2, -0.15) is 0 Å². The van der Waals surface area contributed by atoms with Crippen LogP contribution < -0.4 is 10.3 Å². The largest absolute Gasteiger partial charge is 0.493 e. The quantitative estimate of drug-likeness (QED) is 0.310. The predicted molar refractivity (Wildman–Crippen MR) is 134 cm³/mol. The van der Waals surface area contributed by atoms with Crippen LogP contribution in [0.3, 0.4) is 0 Å². The van der Waals surface area contributed by atoms with Crippen LogP contribution in [-0.4, -0.2) is 37.3 Å². The molecule has 2 aromatic heterocycles. The molecule has 4 rings (SSSR count). The number of aliphatic hydroxyl groups excluding tert-OH is 1. The van der Waals surface area contributed by atoms with Crippen LogP contribution in [0.2, 0.25) is 0 Å². The van der Waals surface area contributed by atoms with E-state index in [4.69, 9.17) is 9.72 Å². The highest BCUT2D eigenvalue weighted by Gasteiger charge is 2.22. The molecule has 0 aliphatic carbocycles. The number of nitrogens with one attached hydrogen (secondary N) is 1. The first kappa shape index (κ1) is 23.7. The highest BCUT2D eigenvalue weighted by Crippen LogP contribution is 2.29. The number of aromatic amines is 1. The average Bonchev–Trinajstić information content (AvgIpc) is 3.27. The molecule has 0 saturated carbocycles. The minimum atomic E-state index is -0.612. The molecular weight excluding hydrogens is 428 g/mol. The molecule has 0 aliphatic rings. The van der Waals surface area contributed by atoms with Crippen molar-refractivity contribution >= 4 is 11.2 Å². The van der Waals surface area contributed by atoms with Crippen molar-refractivity contribution in [2.24, 2.45) is 0 Å². The molecule has 2 heterocycles. The predicted octanol–water partition coefficient (Wildman–Crippen LogP) is 4.91. The van der Waals surface area contributed by atoms with E-state index < -0.39 is 6.10 Å². The standard InChI is InChI=1S/C27H32N4O3/c1-3-17-34-23-16-10-8-14-21(23)25-29-26-24(27(33)30-25)28-18-31(26)22(19(2)32)15-9-7-13-20-11-5-4-6-12-20/h4-6,8,10-12,14,16,18-19,22,32H,3,7,9,13,15,17H2,1-2H3,(H,29,30,33). The maximum Gasteiger partial charge on any atom is 0.279 e. The number of hydrogen-bond acceptors (Lipinski definition) is 5. The van der Waals surface area contributed by atoms with Crippen LogP contribution in [-0.2, 0) is 6.42 Å². The Morgan fingerprint density at radius 1 is 1.09 bits per heavy atom. The maximum atomic E-state index is 12.8. The number of unbranched alkanes of at least 4 members (excludes halogenated alkanes) is 1. The molecule has 0 fully saturated rings. The van der Waals surface area contributed by atoms with Gasteiger partial charge < -0.3 is 19.4 Å². The monoisotopic (exact) mass is 460 g/mol. The highest BCUT2D eigenvalue weighted by atomic mass is 16.5. The van der Waals surface area contributed by atoms with E-state index in [1.165, 1.54) is 5.56 Å². The molecule has 0 radical (unpaired) electrons. The van der Waals surface area contributed by atoms with Crippen molar-refractivity contribution < 1.29 is 9.84 Å². The highest BCUT2D eigenvalue weighted by molar-refractivity contribution is 5.74. The third kappa shape index (κ3) is 5.37. The molecule has 7 heteroatoms. The van der Waals surface area contributed by atoms with E-state index in [-0.39, 0.29) is 17.1 Å². The molecule has 4 aromatic rings. The molecule has 0 saturated heterocycles. The molecule has 2 aromatic carbocycles. The van der Waals surface area contributed by atoms with Crippen molar-refractivity contribution in [3.05, 3.63) is 76.8 Å². The Hall–Kier alpha value is -3.45. The molecule has 7 nitrogen and oxygen atoms in total. The van der Waals surface area contributed by atoms with Crippen molar-refractivity contribution in [2.75, 3.05) is 6.61 Å². The number of aliphatic hydroxyl groups is 1. The van der Waals surface area contributed by atoms with E-state index in [1.807, 2.05) is 41.8 Å². The van der Waals surface area contributed by atoms with Crippen LogP contribution >= 0.6 is 0 Å². The van der Waals surface area contributed by atoms with Crippen LogP contribution in [0.5, 0.6) is 5.75 Å². The second-order valence-electron chi connectivity index (χ2n) is 8.62. The number of hydrogen-bond donors (Lipinski definition) is 2. The summed E-state index contributed by atoms with van der Waals surface area (Å²) in [5.41, 5.74) is 2.46. The molecule has 2 atom stereocenters. The lowest BCUT2D eigenvalue weighted by atomic mass is 10.0. The van der Waals surface area contributed by atoms with Crippen molar-refractivity contribution in [2.45, 2.75) is 58.1 Å². The number of imidazole rings is 1. The fourth-order valence-corrected chi connectivity index (χ4v) is 4.24. The summed E-state index contributed by atoms with van der Waals surface area (Å²) in [6.07, 6.45) is 5.59. The zero-order valence-corrected chi connectivity index (χ0v) is 19.8. The Kier molecular flexibility index (Phi) is 7.75. The Balaban J connectivity index is 1.60. The summed E-state index contributed by atoms with van der Waals surface area (Å²) >= 11 is 0. The SMILES string of the molecule is CCCOc1ccccc1-c1nc2c(ncn2C(CCCCc2ccccc2)C(C)O)c(=O)[nH]1. The second-order valence-corrected chi connectivity index (χ2v) is 8.62. The maximum absolute atomic E-state index is 12.8. The minimum absolute atomic E-state index is 0.227. The Bertz CT molecular complexity index is 1260. The van der Waals surface area contributed by atoms with Gasteiger partial charge in [0.15, 0.2) is 11.2 Å². The first-order valence-corrected chi connectivity index (χ1v) is 12.0. The Morgan fingerprint density at radius 2 is 1.85 bits per heavy atom. The van der Waals surface area contributed by atoms with E-state index in [9.17, 15) is 9.90 Å². The Labute approximate surface area is 199 Å². The molecular formula is C27H32N4O3. The summed E-state index contributed by atoms with van der Waals surface area (Å²) in [6.45, 7) is 4.40. The van der Waals surface area contributed by atoms with Crippen LogP contribution in [0.1, 0.15) is 51.1 Å². The molecule has 2 N–H and O–H groups in total. The summed E-state index contributed by atoms with van der Waals surface area (Å²) in [6, 6.07) is 17.7. The minimum Gasteiger partial charge on any atom is -0.493 e. The lowest BCUT2D eigenvalue weighted by Gasteiger charge is -2.22. The van der Waals surface area contributed by atoms with Crippen LogP contribution in [0.4, 0.5) is 0 Å². The van der Waals surface area contributed by atoms with Gasteiger partial charge >= 0.3 is 0 Å². The number of rotatable bonds is 11. The molecule has 178 valence electrons. The van der Waals surface area contributed by atoms with Gasteiger partial charge in [-0.25, -0.2) is 9.97 Å². The summed E-state index contributed by atoms with van der Waals surface area (Å²) in [4.78, 5) is 24.8. The zero-order chi connectivity index (χ0) is 23.9. The summed E-state index contributed by atoms with van der Waals surface area (Å²) in [7, 11) is 0. The van der Waals surface area contributed by atoms with Gasteiger partial charge in [-0.1, -0.05) is 55.8 Å². The number of aryl methyl sites for hydroxylation is 1. The summed E-state index contributed by atoms with van der Waals surface area (Å²) in [5.74, 6) is 1.10. The number of para-hydroxylation sites is 1. The van der Waals surface area contributed by atoms with Gasteiger partial charge in [-0.05, 0) is 50.3 Å². The summed E-state index contributed by atoms with van der Waals surface area (Å²) in [5, 5.41) is 10.6. The van der Waals surface area contributed by atoms with Crippen LogP contribution in [0.15, 0.2) is 65.7 Å².